The highest BCUT2D eigenvalue weighted by molar-refractivity contribution is 6.21. The first-order valence-corrected chi connectivity index (χ1v) is 8.16. The maximum Gasteiger partial charge on any atom is 0.490 e. The number of amides is 3. The minimum absolute atomic E-state index is 0.141. The number of hydrogen-bond donors (Lipinski definition) is 4. The second-order valence-corrected chi connectivity index (χ2v) is 5.13. The molecule has 17 heteroatoms. The highest BCUT2D eigenvalue weighted by atomic mass is 19.4. The lowest BCUT2D eigenvalue weighted by Crippen LogP contribution is -2.32. The van der Waals surface area contributed by atoms with Crippen LogP contribution in [-0.2, 0) is 19.2 Å². The molecule has 1 saturated heterocycles. The third kappa shape index (κ3) is 8.45. The Balaban J connectivity index is 0.000000592. The van der Waals surface area contributed by atoms with Gasteiger partial charge in [-0.1, -0.05) is 29.0 Å². The van der Waals surface area contributed by atoms with E-state index in [1.807, 2.05) is 0 Å². The summed E-state index contributed by atoms with van der Waals surface area (Å²) in [7, 11) is 0. The van der Waals surface area contributed by atoms with Gasteiger partial charge in [0.1, 0.15) is 0 Å². The average Bonchev–Trinajstić information content (AvgIpc) is 3.31. The van der Waals surface area contributed by atoms with Crippen molar-refractivity contribution < 1.29 is 42.3 Å². The fourth-order valence-corrected chi connectivity index (χ4v) is 1.57. The van der Waals surface area contributed by atoms with Gasteiger partial charge in [0.15, 0.2) is 6.04 Å². The standard InChI is InChI=1S/C12H14N8O4.C2HF3O2/c1-2-9(21)24-14-7-6-13-5-3-4-8-10(22)20(12(23)15-8)11-16-18-19-17-11;3-2(4,5)1(6)7/h7-8,13H,2,5-6H2,1H3,(H,15,23)(H,16,17,18,19);(H,6,7). The van der Waals surface area contributed by atoms with E-state index in [-0.39, 0.29) is 18.9 Å². The Morgan fingerprint density at radius 2 is 2.10 bits per heavy atom. The quantitative estimate of drug-likeness (QED) is 0.102. The number of oxime groups is 1. The SMILES string of the molecule is CCC(=O)ON=CCNCC#CC1NC(=O)N(c2nn[nH]n2)C1=O.O=C(O)C(F)(F)F. The van der Waals surface area contributed by atoms with Crippen molar-refractivity contribution in [3.8, 4) is 11.8 Å². The first kappa shape index (κ1) is 25.0. The zero-order valence-corrected chi connectivity index (χ0v) is 15.6. The van der Waals surface area contributed by atoms with Crippen LogP contribution in [-0.4, -0.2) is 81.1 Å². The number of tetrazole rings is 1. The average molecular weight is 448 g/mol. The van der Waals surface area contributed by atoms with Crippen LogP contribution < -0.4 is 15.5 Å². The van der Waals surface area contributed by atoms with E-state index >= 15 is 0 Å². The molecule has 1 fully saturated rings. The summed E-state index contributed by atoms with van der Waals surface area (Å²) in [6.45, 7) is 2.23. The molecular formula is C14H15F3N8O6. The van der Waals surface area contributed by atoms with Crippen molar-refractivity contribution in [1.29, 1.82) is 0 Å². The number of halogens is 3. The van der Waals surface area contributed by atoms with Crippen LogP contribution in [0.3, 0.4) is 0 Å². The van der Waals surface area contributed by atoms with E-state index in [4.69, 9.17) is 9.90 Å². The third-order valence-electron chi connectivity index (χ3n) is 2.93. The molecule has 0 bridgehead atoms. The lowest BCUT2D eigenvalue weighted by molar-refractivity contribution is -0.192. The maximum atomic E-state index is 12.0. The number of nitrogens with one attached hydrogen (secondary N) is 3. The molecule has 0 aliphatic carbocycles. The predicted molar refractivity (Wildman–Crippen MR) is 93.2 cm³/mol. The summed E-state index contributed by atoms with van der Waals surface area (Å²) in [6.07, 6.45) is -3.46. The Morgan fingerprint density at radius 1 is 1.42 bits per heavy atom. The molecule has 0 aromatic carbocycles. The lowest BCUT2D eigenvalue weighted by atomic mass is 10.3. The van der Waals surface area contributed by atoms with Crippen LogP contribution >= 0.6 is 0 Å². The normalized spacial score (nSPS) is 15.6. The molecule has 3 amide bonds. The van der Waals surface area contributed by atoms with Gasteiger partial charge in [-0.3, -0.25) is 4.79 Å². The largest absolute Gasteiger partial charge is 0.490 e. The topological polar surface area (TPSA) is 192 Å². The molecule has 1 atom stereocenters. The fraction of sp³-hybridized carbons (Fsp3) is 0.429. The van der Waals surface area contributed by atoms with E-state index in [1.165, 1.54) is 6.21 Å². The lowest BCUT2D eigenvalue weighted by Gasteiger charge is -2.04. The first-order valence-electron chi connectivity index (χ1n) is 8.16. The monoisotopic (exact) mass is 448 g/mol. The number of aliphatic carboxylic acids is 1. The zero-order chi connectivity index (χ0) is 23.4. The van der Waals surface area contributed by atoms with Crippen molar-refractivity contribution in [2.75, 3.05) is 18.0 Å². The fourth-order valence-electron chi connectivity index (χ4n) is 1.57. The highest BCUT2D eigenvalue weighted by Crippen LogP contribution is 2.13. The summed E-state index contributed by atoms with van der Waals surface area (Å²) < 4.78 is 31.7. The number of hydrogen-bond acceptors (Lipinski definition) is 10. The van der Waals surface area contributed by atoms with Crippen LogP contribution in [0.2, 0.25) is 0 Å². The number of anilines is 1. The number of carboxylic acids is 1. The Kier molecular flexibility index (Phi) is 9.52. The molecule has 1 aromatic heterocycles. The van der Waals surface area contributed by atoms with Crippen molar-refractivity contribution in [3.63, 3.8) is 0 Å². The maximum absolute atomic E-state index is 12.0. The van der Waals surface area contributed by atoms with E-state index < -0.39 is 36.1 Å². The number of carbonyl (C=O) groups excluding carboxylic acids is 3. The summed E-state index contributed by atoms with van der Waals surface area (Å²) in [5.41, 5.74) is 0. The van der Waals surface area contributed by atoms with E-state index in [9.17, 15) is 27.6 Å². The van der Waals surface area contributed by atoms with Gasteiger partial charge in [-0.25, -0.2) is 14.4 Å². The Labute approximate surface area is 171 Å². The van der Waals surface area contributed by atoms with Gasteiger partial charge >= 0.3 is 24.1 Å². The van der Waals surface area contributed by atoms with E-state index in [2.05, 4.69) is 53.1 Å². The Bertz CT molecular complexity index is 877. The van der Waals surface area contributed by atoms with Gasteiger partial charge < -0.3 is 20.6 Å². The number of H-pyrrole nitrogens is 1. The van der Waals surface area contributed by atoms with Gasteiger partial charge in [0.25, 0.3) is 11.9 Å². The number of rotatable bonds is 6. The number of imide groups is 1. The third-order valence-corrected chi connectivity index (χ3v) is 2.93. The van der Waals surface area contributed by atoms with Crippen molar-refractivity contribution in [2.45, 2.75) is 25.6 Å². The highest BCUT2D eigenvalue weighted by Gasteiger charge is 2.40. The summed E-state index contributed by atoms with van der Waals surface area (Å²) in [6, 6.07) is -1.64. The number of carbonyl (C=O) groups is 4. The van der Waals surface area contributed by atoms with Crippen molar-refractivity contribution in [1.82, 2.24) is 31.3 Å². The number of nitrogens with zero attached hydrogens (tertiary/aromatic N) is 5. The summed E-state index contributed by atoms with van der Waals surface area (Å²) >= 11 is 0. The van der Waals surface area contributed by atoms with Crippen LogP contribution in [0.4, 0.5) is 23.9 Å². The van der Waals surface area contributed by atoms with Gasteiger partial charge in [-0.2, -0.15) is 23.3 Å². The molecule has 0 spiro atoms. The molecule has 0 radical (unpaired) electrons. The van der Waals surface area contributed by atoms with E-state index in [1.54, 1.807) is 6.92 Å². The van der Waals surface area contributed by atoms with Gasteiger partial charge in [0.2, 0.25) is 0 Å². The molecule has 1 unspecified atom stereocenters. The number of urea groups is 1. The van der Waals surface area contributed by atoms with Crippen LogP contribution in [0.25, 0.3) is 0 Å². The molecule has 4 N–H and O–H groups in total. The first-order chi connectivity index (χ1) is 14.6. The van der Waals surface area contributed by atoms with Crippen LogP contribution in [0.1, 0.15) is 13.3 Å². The number of aromatic nitrogens is 4. The zero-order valence-electron chi connectivity index (χ0n) is 15.6. The Hall–Kier alpha value is -4.07. The predicted octanol–water partition coefficient (Wildman–Crippen LogP) is -1.21. The van der Waals surface area contributed by atoms with Crippen LogP contribution in [0, 0.1) is 11.8 Å². The van der Waals surface area contributed by atoms with Gasteiger partial charge in [0.05, 0.1) is 12.8 Å². The number of alkyl halides is 3. The number of carboxylic acid groups (broad SMARTS) is 1. The van der Waals surface area contributed by atoms with Crippen molar-refractivity contribution in [3.05, 3.63) is 0 Å². The molecule has 1 aliphatic rings. The van der Waals surface area contributed by atoms with Gasteiger partial charge in [-0.05, 0) is 5.21 Å². The molecule has 0 saturated carbocycles. The minimum atomic E-state index is -5.08. The smallest absolute Gasteiger partial charge is 0.475 e. The summed E-state index contributed by atoms with van der Waals surface area (Å²) in [5.74, 6) is 1.42. The summed E-state index contributed by atoms with van der Waals surface area (Å²) in [5, 5.41) is 28.5. The Morgan fingerprint density at radius 3 is 2.65 bits per heavy atom. The van der Waals surface area contributed by atoms with Crippen molar-refractivity contribution >= 4 is 36.0 Å². The molecule has 2 rings (SSSR count). The van der Waals surface area contributed by atoms with E-state index in [0.29, 0.717) is 6.54 Å². The molecule has 2 heterocycles. The van der Waals surface area contributed by atoms with Gasteiger partial charge in [0, 0.05) is 13.0 Å². The van der Waals surface area contributed by atoms with Crippen molar-refractivity contribution in [2.24, 2.45) is 5.16 Å². The van der Waals surface area contributed by atoms with Crippen LogP contribution in [0.15, 0.2) is 5.16 Å². The molecule has 1 aliphatic heterocycles. The molecule has 14 nitrogen and oxygen atoms in total. The molecule has 31 heavy (non-hydrogen) atoms. The van der Waals surface area contributed by atoms with Crippen LogP contribution in [0.5, 0.6) is 0 Å². The second-order valence-electron chi connectivity index (χ2n) is 5.13. The molecule has 168 valence electrons. The minimum Gasteiger partial charge on any atom is -0.475 e. The number of aromatic amines is 1. The molecular weight excluding hydrogens is 433 g/mol. The van der Waals surface area contributed by atoms with Gasteiger partial charge in [-0.15, -0.1) is 5.10 Å². The second kappa shape index (κ2) is 11.8. The molecule has 1 aromatic rings. The van der Waals surface area contributed by atoms with E-state index in [0.717, 1.165) is 4.90 Å². The summed E-state index contributed by atoms with van der Waals surface area (Å²) in [4.78, 5) is 48.7.